The number of aromatic hydroxyl groups is 1. The zero-order valence-electron chi connectivity index (χ0n) is 54.2. The minimum absolute atomic E-state index is 0. The number of phenols is 1. The van der Waals surface area contributed by atoms with Crippen molar-refractivity contribution in [2.75, 3.05) is 26.2 Å². The second-order valence-corrected chi connectivity index (χ2v) is 26.3. The Labute approximate surface area is 605 Å². The molecule has 3 aliphatic rings. The molecule has 33 nitrogen and oxygen atoms in total. The third kappa shape index (κ3) is 19.2. The predicted molar refractivity (Wildman–Crippen MR) is 349 cm³/mol. The number of benzene rings is 4. The van der Waals surface area contributed by atoms with E-state index in [1.807, 2.05) is 48.5 Å². The molecule has 14 unspecified atom stereocenters. The Bertz CT molecular complexity index is 3840. The Hall–Kier alpha value is -7.89. The number of nitrogens with two attached hydrogens (primary N) is 1. The van der Waals surface area contributed by atoms with Gasteiger partial charge in [0.25, 0.3) is 18.2 Å². The number of hydrogen-bond donors (Lipinski definition) is 14. The molecule has 8 amide bonds. The van der Waals surface area contributed by atoms with Crippen LogP contribution in [-0.2, 0) is 42.9 Å². The zero-order chi connectivity index (χ0) is 71.4. The van der Waals surface area contributed by atoms with Gasteiger partial charge in [0.05, 0.1) is 43.5 Å². The number of nitrogens with zero attached hydrogens (tertiary/aromatic N) is 6. The maximum Gasteiger partial charge on any atom is 1.00 e. The second-order valence-electron chi connectivity index (χ2n) is 23.9. The smallest absolute Gasteiger partial charge is 0.691 e. The van der Waals surface area contributed by atoms with E-state index in [1.54, 1.807) is 12.1 Å². The van der Waals surface area contributed by atoms with Crippen LogP contribution in [0.25, 0.3) is 42.3 Å². The van der Waals surface area contributed by atoms with Crippen LogP contribution in [0, 0.1) is 5.92 Å². The van der Waals surface area contributed by atoms with Gasteiger partial charge in [0, 0.05) is 66.2 Å². The molecule has 3 aliphatic heterocycles. The molecular weight excluding hydrogens is 1380 g/mol. The summed E-state index contributed by atoms with van der Waals surface area (Å²) in [6, 6.07) is 11.7. The topological polar surface area (TPSA) is 503 Å². The summed E-state index contributed by atoms with van der Waals surface area (Å²) in [5.74, 6) is -11.3. The van der Waals surface area contributed by atoms with E-state index in [1.165, 1.54) is 41.7 Å². The van der Waals surface area contributed by atoms with E-state index in [9.17, 15) is 84.5 Å². The number of aliphatic hydroxyl groups is 7. The molecule has 6 aromatic rings. The van der Waals surface area contributed by atoms with Crippen molar-refractivity contribution in [3.63, 3.8) is 0 Å². The number of carbonyl (C=O) groups excluding carboxylic acids is 8. The largest absolute Gasteiger partial charge is 1.00 e. The third-order valence-corrected chi connectivity index (χ3v) is 19.1. The van der Waals surface area contributed by atoms with Gasteiger partial charge in [-0.15, -0.1) is 24.7 Å². The molecule has 530 valence electrons. The van der Waals surface area contributed by atoms with Gasteiger partial charge in [-0.2, -0.15) is 0 Å². The van der Waals surface area contributed by atoms with Gasteiger partial charge in [0.2, 0.25) is 41.4 Å². The Morgan fingerprint density at radius 2 is 1.28 bits per heavy atom. The molecule has 100 heavy (non-hydrogen) atoms. The molecule has 0 aliphatic carbocycles. The number of primary amides is 1. The van der Waals surface area contributed by atoms with Crippen LogP contribution in [0.3, 0.4) is 0 Å². The van der Waals surface area contributed by atoms with Crippen molar-refractivity contribution >= 4 is 82.3 Å². The molecule has 4 aromatic carbocycles. The van der Waals surface area contributed by atoms with Crippen molar-refractivity contribution in [1.82, 2.24) is 56.8 Å². The number of aliphatic hydroxyl groups excluding tert-OH is 7. The van der Waals surface area contributed by atoms with E-state index in [-0.39, 0.29) is 53.0 Å². The third-order valence-electron chi connectivity index (χ3n) is 16.7. The molecule has 3 fully saturated rings. The van der Waals surface area contributed by atoms with Gasteiger partial charge in [0.15, 0.2) is 11.5 Å². The standard InChI is InChI=1S/C63H74N12O21S3.Na/c1-4-5-6-21-93-39-18-15-35(16-19-39)61-73-72-60(98-61)34-13-11-33(12-14-34)59-71-70-58(97-59)32-9-7-31(8-10-32)53(85)66-40-23-37(77)26-65-57(89)49-50(82)29(2)27-75(49)63(91)47(43(80)25-45(64)81)68-56(88)48(52(84)51(83)36-17-20-42(79)44(22-36)94-99-96-95-92)69-55(87)41-24-38(78)28-74(41)62(90)46(30(3)76)67-54(40)86;/h7-20,22,29-30,37-38,40-41,43,46-52,76-80,82-84,92H,4-6,21,23-28H2,1-3H3,(H2,64,81)(H,65,89)(H,66,85)(H,67,86)(H,68,88)(H,69,87);/q;+1/p-1. The van der Waals surface area contributed by atoms with Crippen LogP contribution in [0.2, 0.25) is 0 Å². The fraction of sp³-hybridized carbons (Fsp3) is 0.429. The number of carbonyl (C=O) groups is 8. The molecule has 14 atom stereocenters. The Balaban J connectivity index is 0.0000127. The normalized spacial score (nSPS) is 23.8. The summed E-state index contributed by atoms with van der Waals surface area (Å²) in [6.07, 6.45) is -13.1. The number of aromatic nitrogens is 4. The molecule has 0 spiro atoms. The summed E-state index contributed by atoms with van der Waals surface area (Å²) in [5, 5.41) is 136. The van der Waals surface area contributed by atoms with Crippen LogP contribution >= 0.6 is 35.0 Å². The van der Waals surface area contributed by atoms with Crippen LogP contribution in [0.4, 0.5) is 0 Å². The predicted octanol–water partition coefficient (Wildman–Crippen LogP) is -4.18. The van der Waals surface area contributed by atoms with Crippen LogP contribution in [0.5, 0.6) is 17.2 Å². The van der Waals surface area contributed by atoms with Crippen molar-refractivity contribution in [2.24, 2.45) is 11.7 Å². The summed E-state index contributed by atoms with van der Waals surface area (Å²) in [7, 11) is 0. The van der Waals surface area contributed by atoms with Crippen LogP contribution in [0.1, 0.15) is 81.3 Å². The number of phenolic OH excluding ortho intramolecular Hbond substituents is 1. The summed E-state index contributed by atoms with van der Waals surface area (Å²) >= 11 is 2.61. The molecule has 0 radical (unpaired) electrons. The van der Waals surface area contributed by atoms with Gasteiger partial charge in [-0.25, -0.2) is 0 Å². The van der Waals surface area contributed by atoms with Gasteiger partial charge >= 0.3 is 29.6 Å². The number of rotatable bonds is 22. The number of nitrogens with one attached hydrogen (secondary N) is 5. The SMILES string of the molecule is CCCCCOc1ccc(-c2nnc(-c3ccc(-c4nnc(-c5ccc(C(=O)NC6CC(O)CNC(=O)C7C(O)C(C)CN7C(=O)C(C(O)CC(N)=O)NC(=O)C(C(O)C(O)c7ccc(O)c(OSOO[O-])c7)NC(=O)C7CC(O)CN7C(=O)C(C(C)O)NC6=O)cc5)s4)cc3)s2)cc1.[Na+]. The second kappa shape index (κ2) is 35.6. The number of unbranched alkanes of at least 4 members (excludes halogenated alkanes) is 2. The monoisotopic (exact) mass is 1450 g/mol. The molecule has 15 N–H and O–H groups in total. The number of ether oxygens (including phenoxy) is 1. The molecular formula is C63H73N12NaO21S3. The van der Waals surface area contributed by atoms with Crippen LogP contribution in [-0.4, -0.2) is 217 Å². The van der Waals surface area contributed by atoms with Crippen LogP contribution < -0.4 is 76.1 Å². The van der Waals surface area contributed by atoms with Gasteiger partial charge in [0.1, 0.15) is 74.2 Å². The summed E-state index contributed by atoms with van der Waals surface area (Å²) < 4.78 is 14.9. The first-order chi connectivity index (χ1) is 47.3. The van der Waals surface area contributed by atoms with Gasteiger partial charge in [-0.3, -0.25) is 43.4 Å². The number of amides is 8. The molecule has 0 bridgehead atoms. The minimum Gasteiger partial charge on any atom is -0.691 e. The van der Waals surface area contributed by atoms with Gasteiger partial charge < -0.3 is 97.1 Å². The van der Waals surface area contributed by atoms with E-state index in [2.05, 4.69) is 63.3 Å². The fourth-order valence-electron chi connectivity index (χ4n) is 11.3. The summed E-state index contributed by atoms with van der Waals surface area (Å²) in [5.41, 5.74) is 8.05. The number of β-amino-alcohol motifs (C(OH)–C–C–N with tert-alkyl or cyclic N) is 1. The molecule has 2 aromatic heterocycles. The van der Waals surface area contributed by atoms with E-state index in [4.69, 9.17) is 14.7 Å². The molecule has 0 saturated carbocycles. The average Bonchev–Trinajstić information content (AvgIpc) is 1.52. The number of fused-ring (bicyclic) bond motifs is 2. The molecule has 37 heteroatoms. The minimum atomic E-state index is -2.55. The Morgan fingerprint density at radius 3 is 1.85 bits per heavy atom. The van der Waals surface area contributed by atoms with Crippen molar-refractivity contribution in [1.29, 1.82) is 0 Å². The summed E-state index contributed by atoms with van der Waals surface area (Å²) in [4.78, 5) is 115. The number of hydrogen-bond acceptors (Lipinski definition) is 28. The fourth-order valence-corrected chi connectivity index (χ4v) is 13.3. The Morgan fingerprint density at radius 1 is 0.720 bits per heavy atom. The average molecular weight is 1450 g/mol. The maximum atomic E-state index is 14.7. The van der Waals surface area contributed by atoms with Crippen LogP contribution in [0.15, 0.2) is 91.0 Å². The maximum absolute atomic E-state index is 14.7. The molecule has 5 heterocycles. The summed E-state index contributed by atoms with van der Waals surface area (Å²) in [6.45, 7) is 3.43. The van der Waals surface area contributed by atoms with Crippen molar-refractivity contribution in [3.05, 3.63) is 102 Å². The molecule has 9 rings (SSSR count). The van der Waals surface area contributed by atoms with Crippen molar-refractivity contribution < 1.29 is 132 Å². The van der Waals surface area contributed by atoms with E-state index < -0.39 is 183 Å². The zero-order valence-corrected chi connectivity index (χ0v) is 58.6. The van der Waals surface area contributed by atoms with Gasteiger partial charge in [-0.1, -0.05) is 91.8 Å². The first kappa shape index (κ1) is 77.8. The van der Waals surface area contributed by atoms with E-state index >= 15 is 0 Å². The van der Waals surface area contributed by atoms with Crippen molar-refractivity contribution in [3.8, 4) is 59.5 Å². The first-order valence-corrected chi connectivity index (χ1v) is 33.5. The van der Waals surface area contributed by atoms with Gasteiger partial charge in [-0.05, 0) is 67.4 Å². The Kier molecular flexibility index (Phi) is 27.7. The van der Waals surface area contributed by atoms with E-state index in [0.717, 1.165) is 81.6 Å². The first-order valence-electron chi connectivity index (χ1n) is 31.2. The van der Waals surface area contributed by atoms with E-state index in [0.29, 0.717) is 27.2 Å². The molecule has 3 saturated heterocycles. The van der Waals surface area contributed by atoms with Crippen molar-refractivity contribution in [2.45, 2.75) is 138 Å². The quantitative estimate of drug-likeness (QED) is 0.0101.